The molecule has 0 spiro atoms. The Morgan fingerprint density at radius 1 is 1.10 bits per heavy atom. The molecule has 0 atom stereocenters. The van der Waals surface area contributed by atoms with Crippen LogP contribution >= 0.6 is 22.6 Å². The number of hydrogen-bond donors (Lipinski definition) is 1. The number of benzene rings is 2. The lowest BCUT2D eigenvalue weighted by Gasteiger charge is -2.10. The van der Waals surface area contributed by atoms with Crippen molar-refractivity contribution in [1.29, 1.82) is 0 Å². The number of hydrogen-bond acceptors (Lipinski definition) is 2. The molecule has 3 heteroatoms. The predicted octanol–water partition coefficient (Wildman–Crippen LogP) is 4.76. The summed E-state index contributed by atoms with van der Waals surface area (Å²) in [5.41, 5.74) is 4.78. The van der Waals surface area contributed by atoms with Gasteiger partial charge in [-0.2, -0.15) is 0 Å². The van der Waals surface area contributed by atoms with Gasteiger partial charge in [-0.05, 0) is 64.9 Å². The van der Waals surface area contributed by atoms with Crippen molar-refractivity contribution in [1.82, 2.24) is 4.98 Å². The highest BCUT2D eigenvalue weighted by molar-refractivity contribution is 14.1. The SMILES string of the molecule is Cc1ccc(NCc2ccnc3ccccc23)cc1I. The number of anilines is 1. The molecule has 0 radical (unpaired) electrons. The first-order valence-corrected chi connectivity index (χ1v) is 7.64. The molecule has 0 bridgehead atoms. The van der Waals surface area contributed by atoms with E-state index in [1.807, 2.05) is 18.3 Å². The summed E-state index contributed by atoms with van der Waals surface area (Å²) in [4.78, 5) is 4.39. The summed E-state index contributed by atoms with van der Waals surface area (Å²) in [6.07, 6.45) is 1.87. The van der Waals surface area contributed by atoms with Crippen molar-refractivity contribution in [3.8, 4) is 0 Å². The molecule has 3 aromatic rings. The number of nitrogens with zero attached hydrogens (tertiary/aromatic N) is 1. The quantitative estimate of drug-likeness (QED) is 0.669. The molecule has 3 rings (SSSR count). The van der Waals surface area contributed by atoms with Gasteiger partial charge in [0.25, 0.3) is 0 Å². The molecule has 0 saturated carbocycles. The van der Waals surface area contributed by atoms with E-state index in [-0.39, 0.29) is 0 Å². The fraction of sp³-hybridized carbons (Fsp3) is 0.118. The maximum atomic E-state index is 4.39. The second-order valence-corrected chi connectivity index (χ2v) is 5.97. The molecule has 1 heterocycles. The van der Waals surface area contributed by atoms with E-state index < -0.39 is 0 Å². The minimum absolute atomic E-state index is 0.808. The fourth-order valence-corrected chi connectivity index (χ4v) is 2.72. The standard InChI is InChI=1S/C17H15IN2/c1-12-6-7-14(10-16(12)18)20-11-13-8-9-19-17-5-3-2-4-15(13)17/h2-10,20H,11H2,1H3. The Bertz CT molecular complexity index is 748. The zero-order valence-corrected chi connectivity index (χ0v) is 13.4. The van der Waals surface area contributed by atoms with Gasteiger partial charge in [0, 0.05) is 27.4 Å². The van der Waals surface area contributed by atoms with Gasteiger partial charge in [0.05, 0.1) is 5.52 Å². The summed E-state index contributed by atoms with van der Waals surface area (Å²) in [7, 11) is 0. The van der Waals surface area contributed by atoms with Crippen LogP contribution in [0, 0.1) is 10.5 Å². The number of aromatic nitrogens is 1. The molecule has 2 aromatic carbocycles. The van der Waals surface area contributed by atoms with Crippen molar-refractivity contribution < 1.29 is 0 Å². The highest BCUT2D eigenvalue weighted by Crippen LogP contribution is 2.20. The van der Waals surface area contributed by atoms with Crippen molar-refractivity contribution in [3.63, 3.8) is 0 Å². The van der Waals surface area contributed by atoms with Crippen molar-refractivity contribution in [2.75, 3.05) is 5.32 Å². The number of rotatable bonds is 3. The summed E-state index contributed by atoms with van der Waals surface area (Å²) in [6, 6.07) is 16.8. The topological polar surface area (TPSA) is 24.9 Å². The Hall–Kier alpha value is -1.62. The van der Waals surface area contributed by atoms with Crippen LogP contribution in [-0.4, -0.2) is 4.98 Å². The van der Waals surface area contributed by atoms with Crippen LogP contribution in [-0.2, 0) is 6.54 Å². The minimum Gasteiger partial charge on any atom is -0.381 e. The summed E-state index contributed by atoms with van der Waals surface area (Å²) in [5.74, 6) is 0. The maximum absolute atomic E-state index is 4.39. The van der Waals surface area contributed by atoms with E-state index in [9.17, 15) is 0 Å². The van der Waals surface area contributed by atoms with Crippen molar-refractivity contribution in [3.05, 3.63) is 69.4 Å². The zero-order valence-electron chi connectivity index (χ0n) is 11.2. The minimum atomic E-state index is 0.808. The van der Waals surface area contributed by atoms with Crippen LogP contribution in [0.25, 0.3) is 10.9 Å². The van der Waals surface area contributed by atoms with Crippen molar-refractivity contribution in [2.45, 2.75) is 13.5 Å². The van der Waals surface area contributed by atoms with E-state index in [1.165, 1.54) is 20.1 Å². The van der Waals surface area contributed by atoms with Gasteiger partial charge in [-0.1, -0.05) is 24.3 Å². The number of nitrogens with one attached hydrogen (secondary N) is 1. The lowest BCUT2D eigenvalue weighted by atomic mass is 10.1. The molecular weight excluding hydrogens is 359 g/mol. The number of fused-ring (bicyclic) bond motifs is 1. The third kappa shape index (κ3) is 2.77. The van der Waals surface area contributed by atoms with Crippen LogP contribution < -0.4 is 5.32 Å². The number of para-hydroxylation sites is 1. The van der Waals surface area contributed by atoms with Gasteiger partial charge in [0.1, 0.15) is 0 Å². The lowest BCUT2D eigenvalue weighted by Crippen LogP contribution is -2.01. The Kier molecular flexibility index (Phi) is 3.87. The smallest absolute Gasteiger partial charge is 0.0705 e. The second kappa shape index (κ2) is 5.79. The molecule has 0 aliphatic carbocycles. The van der Waals surface area contributed by atoms with Crippen molar-refractivity contribution in [2.24, 2.45) is 0 Å². The van der Waals surface area contributed by atoms with E-state index in [4.69, 9.17) is 0 Å². The highest BCUT2D eigenvalue weighted by Gasteiger charge is 2.02. The molecule has 2 nitrogen and oxygen atoms in total. The van der Waals surface area contributed by atoms with E-state index in [2.05, 4.69) is 76.2 Å². The van der Waals surface area contributed by atoms with E-state index in [0.29, 0.717) is 0 Å². The monoisotopic (exact) mass is 374 g/mol. The van der Waals surface area contributed by atoms with Crippen LogP contribution in [0.2, 0.25) is 0 Å². The molecule has 0 unspecified atom stereocenters. The van der Waals surface area contributed by atoms with Crippen LogP contribution in [0.5, 0.6) is 0 Å². The molecule has 0 aliphatic rings. The van der Waals surface area contributed by atoms with Crippen LogP contribution in [0.1, 0.15) is 11.1 Å². The van der Waals surface area contributed by atoms with E-state index >= 15 is 0 Å². The molecule has 0 amide bonds. The first kappa shape index (κ1) is 13.4. The normalized spacial score (nSPS) is 10.7. The number of pyridine rings is 1. The number of halogens is 1. The fourth-order valence-electron chi connectivity index (χ4n) is 2.21. The molecule has 1 N–H and O–H groups in total. The van der Waals surface area contributed by atoms with Crippen LogP contribution in [0.4, 0.5) is 5.69 Å². The van der Waals surface area contributed by atoms with Gasteiger partial charge in [-0.3, -0.25) is 4.98 Å². The van der Waals surface area contributed by atoms with Gasteiger partial charge in [0.15, 0.2) is 0 Å². The average Bonchev–Trinajstić information content (AvgIpc) is 2.48. The predicted molar refractivity (Wildman–Crippen MR) is 93.0 cm³/mol. The average molecular weight is 374 g/mol. The lowest BCUT2D eigenvalue weighted by molar-refractivity contribution is 1.15. The third-order valence-corrected chi connectivity index (χ3v) is 4.56. The summed E-state index contributed by atoms with van der Waals surface area (Å²) in [5, 5.41) is 4.70. The molecule has 20 heavy (non-hydrogen) atoms. The Morgan fingerprint density at radius 3 is 2.80 bits per heavy atom. The van der Waals surface area contributed by atoms with Gasteiger partial charge < -0.3 is 5.32 Å². The molecule has 0 fully saturated rings. The van der Waals surface area contributed by atoms with Gasteiger partial charge >= 0.3 is 0 Å². The first-order valence-electron chi connectivity index (χ1n) is 6.57. The molecule has 0 saturated heterocycles. The highest BCUT2D eigenvalue weighted by atomic mass is 127. The number of aryl methyl sites for hydroxylation is 1. The first-order chi connectivity index (χ1) is 9.74. The largest absolute Gasteiger partial charge is 0.381 e. The van der Waals surface area contributed by atoms with E-state index in [1.54, 1.807) is 0 Å². The van der Waals surface area contributed by atoms with Crippen LogP contribution in [0.15, 0.2) is 54.7 Å². The van der Waals surface area contributed by atoms with E-state index in [0.717, 1.165) is 17.7 Å². The Morgan fingerprint density at radius 2 is 1.95 bits per heavy atom. The molecule has 0 aliphatic heterocycles. The summed E-state index contributed by atoms with van der Waals surface area (Å²) >= 11 is 2.37. The third-order valence-electron chi connectivity index (χ3n) is 3.39. The Labute approximate surface area is 132 Å². The Balaban J connectivity index is 1.85. The molecule has 1 aromatic heterocycles. The summed E-state index contributed by atoms with van der Waals surface area (Å²) in [6.45, 7) is 2.93. The van der Waals surface area contributed by atoms with Gasteiger partial charge in [0.2, 0.25) is 0 Å². The maximum Gasteiger partial charge on any atom is 0.0705 e. The zero-order chi connectivity index (χ0) is 13.9. The molecular formula is C17H15IN2. The second-order valence-electron chi connectivity index (χ2n) is 4.80. The van der Waals surface area contributed by atoms with Crippen LogP contribution in [0.3, 0.4) is 0 Å². The summed E-state index contributed by atoms with van der Waals surface area (Å²) < 4.78 is 1.28. The molecule has 100 valence electrons. The van der Waals surface area contributed by atoms with Gasteiger partial charge in [-0.15, -0.1) is 0 Å². The van der Waals surface area contributed by atoms with Crippen molar-refractivity contribution >= 4 is 39.2 Å². The van der Waals surface area contributed by atoms with Gasteiger partial charge in [-0.25, -0.2) is 0 Å².